The Morgan fingerprint density at radius 3 is 2.17 bits per heavy atom. The van der Waals surface area contributed by atoms with Crippen LogP contribution in [0.5, 0.6) is 5.75 Å². The lowest BCUT2D eigenvalue weighted by molar-refractivity contribution is -0.254. The Hall–Kier alpha value is -3.27. The third-order valence-electron chi connectivity index (χ3n) is 6.01. The van der Waals surface area contributed by atoms with E-state index >= 15 is 0 Å². The van der Waals surface area contributed by atoms with E-state index in [1.165, 1.54) is 31.4 Å². The molecule has 1 saturated heterocycles. The highest BCUT2D eigenvalue weighted by Crippen LogP contribution is 2.41. The number of carbonyl (C=O) groups excluding carboxylic acids is 2. The molecule has 0 bridgehead atoms. The summed E-state index contributed by atoms with van der Waals surface area (Å²) in [5, 5.41) is 12.7. The van der Waals surface area contributed by atoms with E-state index in [-0.39, 0.29) is 23.4 Å². The van der Waals surface area contributed by atoms with Crippen LogP contribution in [0.2, 0.25) is 0 Å². The van der Waals surface area contributed by atoms with E-state index in [1.807, 2.05) is 20.8 Å². The molecule has 7 nitrogen and oxygen atoms in total. The summed E-state index contributed by atoms with van der Waals surface area (Å²) in [4.78, 5) is 26.6. The number of amides is 2. The molecule has 1 unspecified atom stereocenters. The van der Waals surface area contributed by atoms with Gasteiger partial charge in [0.25, 0.3) is 11.5 Å². The first kappa shape index (κ1) is 27.3. The number of rotatable bonds is 5. The van der Waals surface area contributed by atoms with Crippen molar-refractivity contribution in [3.63, 3.8) is 0 Å². The Morgan fingerprint density at radius 1 is 1.03 bits per heavy atom. The Balaban J connectivity index is 1.68. The molecule has 10 heteroatoms. The number of ether oxygens (including phenoxy) is 2. The number of hydrogen-bond donors (Lipinski definition) is 2. The number of methoxy groups -OCH3 is 1. The highest BCUT2D eigenvalue weighted by Gasteiger charge is 2.61. The Kier molecular flexibility index (Phi) is 7.88. The maximum absolute atomic E-state index is 13.9. The lowest BCUT2D eigenvalue weighted by atomic mass is 9.89. The molecular formula is C26H31F3N2O5. The van der Waals surface area contributed by atoms with Crippen LogP contribution in [0.25, 0.3) is 0 Å². The highest BCUT2D eigenvalue weighted by atomic mass is 19.4. The molecular weight excluding hydrogens is 477 g/mol. The summed E-state index contributed by atoms with van der Waals surface area (Å²) in [6.45, 7) is 6.48. The van der Waals surface area contributed by atoms with Crippen molar-refractivity contribution in [2.45, 2.75) is 56.9 Å². The first-order chi connectivity index (χ1) is 16.7. The number of alkyl halides is 3. The van der Waals surface area contributed by atoms with Crippen molar-refractivity contribution in [3.05, 3.63) is 59.7 Å². The predicted molar refractivity (Wildman–Crippen MR) is 128 cm³/mol. The molecule has 36 heavy (non-hydrogen) atoms. The zero-order chi connectivity index (χ0) is 26.7. The average Bonchev–Trinajstić information content (AvgIpc) is 2.82. The SMILES string of the molecule is COc1cccc(C(O)(C(=O)Nc2ccc(C3CCN(C(=O)OC(C)(C)C)CC3)cc2)C(F)(F)F)c1. The molecule has 2 aromatic carbocycles. The van der Waals surface area contributed by atoms with E-state index in [1.54, 1.807) is 17.0 Å². The lowest BCUT2D eigenvalue weighted by Gasteiger charge is -2.33. The number of carbonyl (C=O) groups is 2. The van der Waals surface area contributed by atoms with Crippen LogP contribution in [0.1, 0.15) is 50.7 Å². The summed E-state index contributed by atoms with van der Waals surface area (Å²) in [5.74, 6) is -1.40. The second-order valence-corrected chi connectivity index (χ2v) is 9.76. The smallest absolute Gasteiger partial charge is 0.430 e. The van der Waals surface area contributed by atoms with Gasteiger partial charge in [0.1, 0.15) is 11.4 Å². The molecule has 1 aliphatic rings. The molecule has 0 saturated carbocycles. The normalized spacial score (nSPS) is 16.7. The molecule has 2 N–H and O–H groups in total. The van der Waals surface area contributed by atoms with Crippen LogP contribution in [0.15, 0.2) is 48.5 Å². The predicted octanol–water partition coefficient (Wildman–Crippen LogP) is 5.20. The zero-order valence-corrected chi connectivity index (χ0v) is 20.7. The minimum atomic E-state index is -5.27. The van der Waals surface area contributed by atoms with Crippen molar-refractivity contribution in [1.29, 1.82) is 0 Å². The Morgan fingerprint density at radius 2 is 1.64 bits per heavy atom. The first-order valence-corrected chi connectivity index (χ1v) is 11.6. The van der Waals surface area contributed by atoms with E-state index in [4.69, 9.17) is 9.47 Å². The zero-order valence-electron chi connectivity index (χ0n) is 20.7. The molecule has 2 aromatic rings. The topological polar surface area (TPSA) is 88.1 Å². The molecule has 1 aliphatic heterocycles. The highest BCUT2D eigenvalue weighted by molar-refractivity contribution is 5.98. The van der Waals surface area contributed by atoms with E-state index in [2.05, 4.69) is 5.32 Å². The van der Waals surface area contributed by atoms with Gasteiger partial charge in [-0.1, -0.05) is 24.3 Å². The molecule has 1 atom stereocenters. The molecule has 2 amide bonds. The molecule has 0 aliphatic carbocycles. The van der Waals surface area contributed by atoms with Crippen LogP contribution in [-0.4, -0.2) is 54.0 Å². The van der Waals surface area contributed by atoms with Gasteiger partial charge in [0.15, 0.2) is 0 Å². The minimum Gasteiger partial charge on any atom is -0.497 e. The van der Waals surface area contributed by atoms with Crippen LogP contribution in [-0.2, 0) is 15.1 Å². The largest absolute Gasteiger partial charge is 0.497 e. The fourth-order valence-electron chi connectivity index (χ4n) is 4.05. The van der Waals surface area contributed by atoms with Gasteiger partial charge >= 0.3 is 12.3 Å². The van der Waals surface area contributed by atoms with Crippen molar-refractivity contribution >= 4 is 17.7 Å². The summed E-state index contributed by atoms with van der Waals surface area (Å²) in [7, 11) is 1.27. The van der Waals surface area contributed by atoms with Crippen LogP contribution in [0.3, 0.4) is 0 Å². The molecule has 3 rings (SSSR count). The van der Waals surface area contributed by atoms with Gasteiger partial charge in [0.05, 0.1) is 7.11 Å². The van der Waals surface area contributed by atoms with Gasteiger partial charge in [-0.05, 0) is 69.4 Å². The molecule has 1 heterocycles. The molecule has 0 spiro atoms. The van der Waals surface area contributed by atoms with Crippen LogP contribution in [0.4, 0.5) is 23.7 Å². The van der Waals surface area contributed by atoms with Gasteiger partial charge in [0.2, 0.25) is 0 Å². The van der Waals surface area contributed by atoms with Crippen LogP contribution >= 0.6 is 0 Å². The van der Waals surface area contributed by atoms with E-state index < -0.39 is 28.8 Å². The number of hydrogen-bond acceptors (Lipinski definition) is 5. The lowest BCUT2D eigenvalue weighted by Crippen LogP contribution is -2.52. The van der Waals surface area contributed by atoms with E-state index in [9.17, 15) is 27.9 Å². The van der Waals surface area contributed by atoms with Crippen molar-refractivity contribution in [3.8, 4) is 5.75 Å². The summed E-state index contributed by atoms with van der Waals surface area (Å²) in [6.07, 6.45) is -4.22. The Labute approximate surface area is 208 Å². The van der Waals surface area contributed by atoms with Gasteiger partial charge in [-0.3, -0.25) is 4.79 Å². The monoisotopic (exact) mass is 508 g/mol. The number of halogens is 3. The van der Waals surface area contributed by atoms with Gasteiger partial charge < -0.3 is 24.8 Å². The minimum absolute atomic E-state index is 0.0741. The molecule has 1 fully saturated rings. The summed E-state index contributed by atoms with van der Waals surface area (Å²) < 4.78 is 52.0. The second kappa shape index (κ2) is 10.4. The standard InChI is InChI=1S/C26H31F3N2O5/c1-24(2,3)36-23(33)31-14-12-18(13-15-31)17-8-10-20(11-9-17)30-22(32)25(34,26(27,28)29)19-6-5-7-21(16-19)35-4/h5-11,16,18,34H,12-15H2,1-4H3,(H,30,32). The van der Waals surface area contributed by atoms with E-state index in [0.717, 1.165) is 17.7 Å². The molecule has 0 aromatic heterocycles. The van der Waals surface area contributed by atoms with Crippen molar-refractivity contribution in [2.75, 3.05) is 25.5 Å². The quantitative estimate of drug-likeness (QED) is 0.580. The fraction of sp³-hybridized carbons (Fsp3) is 0.462. The van der Waals surface area contributed by atoms with E-state index in [0.29, 0.717) is 25.9 Å². The first-order valence-electron chi connectivity index (χ1n) is 11.6. The van der Waals surface area contributed by atoms with Gasteiger partial charge in [-0.15, -0.1) is 0 Å². The average molecular weight is 509 g/mol. The molecule has 0 radical (unpaired) electrons. The van der Waals surface area contributed by atoms with Crippen molar-refractivity contribution < 1.29 is 37.3 Å². The third kappa shape index (κ3) is 6.10. The number of aliphatic hydroxyl groups is 1. The second-order valence-electron chi connectivity index (χ2n) is 9.76. The van der Waals surface area contributed by atoms with Gasteiger partial charge in [0, 0.05) is 24.3 Å². The number of piperidine rings is 1. The molecule has 196 valence electrons. The van der Waals surface area contributed by atoms with Crippen molar-refractivity contribution in [1.82, 2.24) is 4.90 Å². The maximum atomic E-state index is 13.9. The van der Waals surface area contributed by atoms with Crippen LogP contribution in [0, 0.1) is 0 Å². The fourth-order valence-corrected chi connectivity index (χ4v) is 4.05. The summed E-state index contributed by atoms with van der Waals surface area (Å²) in [5.41, 5.74) is -3.94. The summed E-state index contributed by atoms with van der Waals surface area (Å²) >= 11 is 0. The number of benzene rings is 2. The number of anilines is 1. The number of nitrogens with zero attached hydrogens (tertiary/aromatic N) is 1. The third-order valence-corrected chi connectivity index (χ3v) is 6.01. The summed E-state index contributed by atoms with van der Waals surface area (Å²) in [6, 6.07) is 11.1. The number of nitrogens with one attached hydrogen (secondary N) is 1. The van der Waals surface area contributed by atoms with Gasteiger partial charge in [-0.25, -0.2) is 4.79 Å². The number of likely N-dealkylation sites (tertiary alicyclic amines) is 1. The Bertz CT molecular complexity index is 1070. The van der Waals surface area contributed by atoms with Gasteiger partial charge in [-0.2, -0.15) is 13.2 Å². The van der Waals surface area contributed by atoms with Crippen LogP contribution < -0.4 is 10.1 Å². The maximum Gasteiger partial charge on any atom is 0.430 e. The van der Waals surface area contributed by atoms with Crippen molar-refractivity contribution in [2.24, 2.45) is 0 Å².